The van der Waals surface area contributed by atoms with Gasteiger partial charge in [-0.05, 0) is 62.5 Å². The molecule has 1 N–H and O–H groups in total. The van der Waals surface area contributed by atoms with E-state index in [4.69, 9.17) is 23.1 Å². The van der Waals surface area contributed by atoms with Gasteiger partial charge in [-0.3, -0.25) is 4.18 Å². The highest BCUT2D eigenvalue weighted by atomic mass is 32.2. The molecule has 1 heterocycles. The molecular weight excluding hydrogens is 472 g/mol. The minimum atomic E-state index is -3.99. The molecule has 1 spiro atoms. The molecule has 1 aliphatic heterocycles. The number of fused-ring (bicyclic) bond motifs is 6. The van der Waals surface area contributed by atoms with Crippen LogP contribution in [0.25, 0.3) is 0 Å². The summed E-state index contributed by atoms with van der Waals surface area (Å²) in [7, 11) is -2.40. The van der Waals surface area contributed by atoms with E-state index >= 15 is 0 Å². The van der Waals surface area contributed by atoms with Crippen molar-refractivity contribution in [3.63, 3.8) is 0 Å². The summed E-state index contributed by atoms with van der Waals surface area (Å²) in [6.07, 6.45) is 4.10. The quantitative estimate of drug-likeness (QED) is 0.307. The maximum absolute atomic E-state index is 13.2. The van der Waals surface area contributed by atoms with E-state index in [0.717, 1.165) is 12.0 Å². The predicted octanol–water partition coefficient (Wildman–Crippen LogP) is 3.40. The maximum Gasteiger partial charge on any atom is 0.296 e. The summed E-state index contributed by atoms with van der Waals surface area (Å²) < 4.78 is 55.5. The van der Waals surface area contributed by atoms with E-state index in [9.17, 15) is 13.5 Å². The largest absolute Gasteiger partial charge is 0.389 e. The fraction of sp³-hybridized carbons (Fsp3) is 0.769. The second kappa shape index (κ2) is 9.04. The van der Waals surface area contributed by atoms with Crippen LogP contribution in [0.2, 0.25) is 0 Å². The molecule has 2 bridgehead atoms. The Labute approximate surface area is 208 Å². The minimum Gasteiger partial charge on any atom is -0.389 e. The summed E-state index contributed by atoms with van der Waals surface area (Å²) in [5, 5.41) is 12.5. The Morgan fingerprint density at radius 3 is 2.51 bits per heavy atom. The second-order valence-corrected chi connectivity index (χ2v) is 12.6. The molecule has 0 amide bonds. The van der Waals surface area contributed by atoms with Gasteiger partial charge in [-0.2, -0.15) is 8.42 Å². The van der Waals surface area contributed by atoms with Gasteiger partial charge in [0.25, 0.3) is 10.1 Å². The molecule has 35 heavy (non-hydrogen) atoms. The molecule has 9 heteroatoms. The first-order valence-corrected chi connectivity index (χ1v) is 14.1. The third-order valence-electron chi connectivity index (χ3n) is 9.59. The number of aryl methyl sites for hydroxylation is 1. The first-order valence-electron chi connectivity index (χ1n) is 12.7. The summed E-state index contributed by atoms with van der Waals surface area (Å²) >= 11 is 0. The molecule has 3 saturated carbocycles. The Hall–Kier alpha value is -1.07. The second-order valence-electron chi connectivity index (χ2n) is 11.0. The average Bonchev–Trinajstić information content (AvgIpc) is 3.47. The van der Waals surface area contributed by atoms with Gasteiger partial charge in [-0.15, -0.1) is 0 Å². The van der Waals surface area contributed by atoms with Crippen molar-refractivity contribution < 1.29 is 36.7 Å². The summed E-state index contributed by atoms with van der Waals surface area (Å²) in [5.74, 6) is -0.961. The Balaban J connectivity index is 1.52. The van der Waals surface area contributed by atoms with Gasteiger partial charge < -0.3 is 24.1 Å². The molecule has 0 aromatic heterocycles. The van der Waals surface area contributed by atoms with Crippen LogP contribution < -0.4 is 0 Å². The van der Waals surface area contributed by atoms with Gasteiger partial charge in [-0.1, -0.05) is 24.6 Å². The predicted molar refractivity (Wildman–Crippen MR) is 127 cm³/mol. The number of hydrogen-bond acceptors (Lipinski definition) is 8. The number of ether oxygens (including phenoxy) is 4. The third kappa shape index (κ3) is 3.73. The van der Waals surface area contributed by atoms with Crippen molar-refractivity contribution in [3.8, 4) is 0 Å². The van der Waals surface area contributed by atoms with Crippen LogP contribution in [-0.4, -0.2) is 65.2 Å². The summed E-state index contributed by atoms with van der Waals surface area (Å²) in [6.45, 7) is 5.69. The molecular formula is C26H38O8S. The van der Waals surface area contributed by atoms with Crippen LogP contribution in [0.3, 0.4) is 0 Å². The monoisotopic (exact) mass is 510 g/mol. The Kier molecular flexibility index (Phi) is 6.61. The van der Waals surface area contributed by atoms with E-state index in [1.54, 1.807) is 31.4 Å². The van der Waals surface area contributed by atoms with Crippen molar-refractivity contribution in [2.75, 3.05) is 40.3 Å². The molecule has 8 nitrogen and oxygen atoms in total. The lowest BCUT2D eigenvalue weighted by molar-refractivity contribution is -0.252. The molecule has 4 aliphatic rings. The van der Waals surface area contributed by atoms with E-state index in [1.165, 1.54) is 0 Å². The summed E-state index contributed by atoms with van der Waals surface area (Å²) in [4.78, 5) is 0.131. The van der Waals surface area contributed by atoms with Crippen LogP contribution in [0.4, 0.5) is 0 Å². The Bertz CT molecular complexity index is 1020. The van der Waals surface area contributed by atoms with E-state index in [0.29, 0.717) is 51.9 Å². The number of hydrogen-bond donors (Lipinski definition) is 1. The highest BCUT2D eigenvalue weighted by molar-refractivity contribution is 7.86. The molecule has 5 rings (SSSR count). The standard InChI is InChI=1S/C26H38O8S/c1-19-5-7-21(8-6-19)35(28,29)34-17-24-9-4-10-25(24,27)22-16-23(24,11-12-31-18-30-3)20(2)15-26(22)32-13-14-33-26/h5-8,20,22,27H,4,9-18H2,1-3H3/t20-,22-,23-,24+,25-/m0/s1. The molecule has 1 aromatic rings. The zero-order chi connectivity index (χ0) is 25.0. The topological polar surface area (TPSA) is 101 Å². The molecule has 4 fully saturated rings. The van der Waals surface area contributed by atoms with Gasteiger partial charge in [0.05, 0.1) is 30.3 Å². The average molecular weight is 511 g/mol. The third-order valence-corrected chi connectivity index (χ3v) is 10.9. The fourth-order valence-electron chi connectivity index (χ4n) is 8.05. The van der Waals surface area contributed by atoms with Crippen LogP contribution >= 0.6 is 0 Å². The van der Waals surface area contributed by atoms with Crippen LogP contribution in [0.15, 0.2) is 29.2 Å². The van der Waals surface area contributed by atoms with E-state index in [-0.39, 0.29) is 35.5 Å². The Morgan fingerprint density at radius 2 is 1.83 bits per heavy atom. The normalized spacial score (nSPS) is 37.7. The molecule has 196 valence electrons. The minimum absolute atomic E-state index is 0.0685. The first-order chi connectivity index (χ1) is 16.6. The lowest BCUT2D eigenvalue weighted by Gasteiger charge is -2.52. The van der Waals surface area contributed by atoms with Crippen LogP contribution in [0, 0.1) is 29.6 Å². The highest BCUT2D eigenvalue weighted by Gasteiger charge is 2.80. The zero-order valence-corrected chi connectivity index (χ0v) is 21.8. The molecule has 5 atom stereocenters. The van der Waals surface area contributed by atoms with Crippen molar-refractivity contribution in [2.24, 2.45) is 22.7 Å². The van der Waals surface area contributed by atoms with Crippen LogP contribution in [0.1, 0.15) is 51.0 Å². The van der Waals surface area contributed by atoms with Crippen LogP contribution in [-0.2, 0) is 33.2 Å². The number of methoxy groups -OCH3 is 1. The van der Waals surface area contributed by atoms with Crippen molar-refractivity contribution >= 4 is 10.1 Å². The molecule has 3 aliphatic carbocycles. The lowest BCUT2D eigenvalue weighted by atomic mass is 9.54. The van der Waals surface area contributed by atoms with E-state index in [1.807, 2.05) is 6.92 Å². The number of aliphatic hydroxyl groups is 1. The number of benzene rings is 1. The Morgan fingerprint density at radius 1 is 1.11 bits per heavy atom. The van der Waals surface area contributed by atoms with Crippen molar-refractivity contribution in [1.82, 2.24) is 0 Å². The van der Waals surface area contributed by atoms with Crippen molar-refractivity contribution in [2.45, 2.75) is 68.7 Å². The first kappa shape index (κ1) is 25.6. The van der Waals surface area contributed by atoms with E-state index in [2.05, 4.69) is 6.92 Å². The fourth-order valence-corrected chi connectivity index (χ4v) is 9.02. The smallest absolute Gasteiger partial charge is 0.296 e. The van der Waals surface area contributed by atoms with Gasteiger partial charge in [0.2, 0.25) is 0 Å². The van der Waals surface area contributed by atoms with Gasteiger partial charge in [-0.25, -0.2) is 0 Å². The van der Waals surface area contributed by atoms with E-state index < -0.39 is 26.9 Å². The summed E-state index contributed by atoms with van der Waals surface area (Å²) in [5.41, 5.74) is -1.30. The lowest BCUT2D eigenvalue weighted by Crippen LogP contribution is -2.55. The van der Waals surface area contributed by atoms with Crippen molar-refractivity contribution in [3.05, 3.63) is 29.8 Å². The van der Waals surface area contributed by atoms with Gasteiger partial charge in [0, 0.05) is 31.5 Å². The zero-order valence-electron chi connectivity index (χ0n) is 21.0. The molecule has 0 unspecified atom stereocenters. The SMILES string of the molecule is COCOCC[C@]12C[C@H](C3(C[C@@H]1C)OCCO3)[C@@]1(O)CCC[C@@]21COS(=O)(=O)c1ccc(C)cc1. The molecule has 1 aromatic carbocycles. The van der Waals surface area contributed by atoms with Crippen LogP contribution in [0.5, 0.6) is 0 Å². The van der Waals surface area contributed by atoms with Crippen molar-refractivity contribution in [1.29, 1.82) is 0 Å². The number of rotatable bonds is 9. The molecule has 1 saturated heterocycles. The van der Waals surface area contributed by atoms with Gasteiger partial charge in [0.15, 0.2) is 5.79 Å². The molecule has 0 radical (unpaired) electrons. The maximum atomic E-state index is 13.2. The summed E-state index contributed by atoms with van der Waals surface area (Å²) in [6, 6.07) is 6.67. The highest BCUT2D eigenvalue weighted by Crippen LogP contribution is 2.77. The van der Waals surface area contributed by atoms with Gasteiger partial charge >= 0.3 is 0 Å². The van der Waals surface area contributed by atoms with Gasteiger partial charge in [0.1, 0.15) is 6.79 Å².